The van der Waals surface area contributed by atoms with Gasteiger partial charge in [-0.25, -0.2) is 9.18 Å². The first-order valence-corrected chi connectivity index (χ1v) is 8.84. The van der Waals surface area contributed by atoms with Crippen molar-refractivity contribution in [3.63, 3.8) is 0 Å². The molecular weight excluding hydrogens is 357 g/mol. The van der Waals surface area contributed by atoms with Crippen molar-refractivity contribution in [3.05, 3.63) is 59.9 Å². The molecule has 0 aliphatic heterocycles. The van der Waals surface area contributed by atoms with Gasteiger partial charge in [-0.1, -0.05) is 12.1 Å². The average molecular weight is 375 g/mol. The fraction of sp³-hybridized carbons (Fsp3) is 0.211. The predicted molar refractivity (Wildman–Crippen MR) is 97.8 cm³/mol. The summed E-state index contributed by atoms with van der Waals surface area (Å²) in [6.07, 6.45) is -0.831. The van der Waals surface area contributed by atoms with Crippen LogP contribution in [-0.4, -0.2) is 29.5 Å². The number of hydrogen-bond donors (Lipinski definition) is 1. The average Bonchev–Trinajstić information content (AvgIpc) is 2.62. The monoisotopic (exact) mass is 375 g/mol. The number of esters is 1. The van der Waals surface area contributed by atoms with E-state index in [0.717, 1.165) is 0 Å². The van der Waals surface area contributed by atoms with Gasteiger partial charge in [-0.15, -0.1) is 11.8 Å². The summed E-state index contributed by atoms with van der Waals surface area (Å²) in [5.74, 6) is -1.48. The standard InChI is InChI=1S/C19H18FNO4S/c1-12(22)13(2)25-19(24)16-5-3-4-6-17(16)26-11-18(23)21-15-9-7-14(20)8-10-15/h3-10,13H,11H2,1-2H3,(H,21,23)/t13-/m0/s1. The molecule has 26 heavy (non-hydrogen) atoms. The van der Waals surface area contributed by atoms with Gasteiger partial charge in [0.05, 0.1) is 11.3 Å². The first-order chi connectivity index (χ1) is 12.4. The number of Topliss-reactive ketones (excluding diaryl/α,β-unsaturated/α-hetero) is 1. The van der Waals surface area contributed by atoms with Gasteiger partial charge < -0.3 is 10.1 Å². The molecule has 0 unspecified atom stereocenters. The van der Waals surface area contributed by atoms with Crippen LogP contribution in [-0.2, 0) is 14.3 Å². The summed E-state index contributed by atoms with van der Waals surface area (Å²) in [4.78, 5) is 36.1. The Kier molecular flexibility index (Phi) is 6.91. The number of halogens is 1. The Morgan fingerprint density at radius 2 is 1.77 bits per heavy atom. The number of rotatable bonds is 7. The Labute approximate surface area is 154 Å². The number of carbonyl (C=O) groups excluding carboxylic acids is 3. The summed E-state index contributed by atoms with van der Waals surface area (Å²) >= 11 is 1.17. The molecule has 0 aliphatic carbocycles. The molecule has 0 aliphatic rings. The summed E-state index contributed by atoms with van der Waals surface area (Å²) in [6.45, 7) is 2.85. The number of benzene rings is 2. The Morgan fingerprint density at radius 3 is 2.42 bits per heavy atom. The van der Waals surface area contributed by atoms with Gasteiger partial charge in [0.25, 0.3) is 0 Å². The maximum Gasteiger partial charge on any atom is 0.339 e. The molecule has 0 radical (unpaired) electrons. The summed E-state index contributed by atoms with van der Waals surface area (Å²) in [6, 6.07) is 12.1. The maximum absolute atomic E-state index is 12.9. The van der Waals surface area contributed by atoms with Gasteiger partial charge >= 0.3 is 5.97 Å². The summed E-state index contributed by atoms with van der Waals surface area (Å²) in [5, 5.41) is 2.65. The van der Waals surface area contributed by atoms with Crippen LogP contribution in [0.25, 0.3) is 0 Å². The van der Waals surface area contributed by atoms with E-state index < -0.39 is 12.1 Å². The summed E-state index contributed by atoms with van der Waals surface area (Å²) < 4.78 is 18.0. The Morgan fingerprint density at radius 1 is 1.12 bits per heavy atom. The zero-order valence-electron chi connectivity index (χ0n) is 14.3. The second-order valence-corrected chi connectivity index (χ2v) is 6.52. The second kappa shape index (κ2) is 9.15. The lowest BCUT2D eigenvalue weighted by Crippen LogP contribution is -2.22. The van der Waals surface area contributed by atoms with Crippen LogP contribution < -0.4 is 5.32 Å². The Hall–Kier alpha value is -2.67. The Balaban J connectivity index is 1.99. The van der Waals surface area contributed by atoms with E-state index in [1.165, 1.54) is 49.9 Å². The molecule has 7 heteroatoms. The van der Waals surface area contributed by atoms with E-state index in [0.29, 0.717) is 16.1 Å². The first-order valence-electron chi connectivity index (χ1n) is 7.85. The third kappa shape index (κ3) is 5.70. The van der Waals surface area contributed by atoms with E-state index in [4.69, 9.17) is 4.74 Å². The number of anilines is 1. The quantitative estimate of drug-likeness (QED) is 0.590. The topological polar surface area (TPSA) is 72.5 Å². The molecule has 2 aromatic rings. The van der Waals surface area contributed by atoms with Gasteiger partial charge in [-0.3, -0.25) is 9.59 Å². The molecule has 0 heterocycles. The highest BCUT2D eigenvalue weighted by Crippen LogP contribution is 2.24. The van der Waals surface area contributed by atoms with Crippen LogP contribution in [0.4, 0.5) is 10.1 Å². The molecule has 1 N–H and O–H groups in total. The van der Waals surface area contributed by atoms with E-state index >= 15 is 0 Å². The van der Waals surface area contributed by atoms with Gasteiger partial charge in [0.15, 0.2) is 11.9 Å². The van der Waals surface area contributed by atoms with Crippen molar-refractivity contribution in [2.45, 2.75) is 24.8 Å². The van der Waals surface area contributed by atoms with E-state index in [2.05, 4.69) is 5.32 Å². The highest BCUT2D eigenvalue weighted by molar-refractivity contribution is 8.00. The molecule has 0 fully saturated rings. The van der Waals surface area contributed by atoms with Crippen LogP contribution in [0, 0.1) is 5.82 Å². The SMILES string of the molecule is CC(=O)[C@H](C)OC(=O)c1ccccc1SCC(=O)Nc1ccc(F)cc1. The van der Waals surface area contributed by atoms with E-state index in [1.54, 1.807) is 24.3 Å². The van der Waals surface area contributed by atoms with Crippen LogP contribution in [0.3, 0.4) is 0 Å². The van der Waals surface area contributed by atoms with Gasteiger partial charge in [0, 0.05) is 10.6 Å². The molecule has 0 bridgehead atoms. The van der Waals surface area contributed by atoms with Crippen LogP contribution in [0.15, 0.2) is 53.4 Å². The Bertz CT molecular complexity index is 807. The summed E-state index contributed by atoms with van der Waals surface area (Å²) in [7, 11) is 0. The number of ketones is 1. The van der Waals surface area contributed by atoms with Crippen LogP contribution >= 0.6 is 11.8 Å². The number of thioether (sulfide) groups is 1. The molecule has 0 saturated heterocycles. The minimum absolute atomic E-state index is 0.0595. The van der Waals surface area contributed by atoms with Crippen molar-refractivity contribution in [1.29, 1.82) is 0 Å². The smallest absolute Gasteiger partial charge is 0.339 e. The molecule has 1 amide bonds. The number of ether oxygens (including phenoxy) is 1. The number of nitrogens with one attached hydrogen (secondary N) is 1. The predicted octanol–water partition coefficient (Wildman–Crippen LogP) is 3.69. The van der Waals surface area contributed by atoms with Gasteiger partial charge in [0.1, 0.15) is 5.82 Å². The fourth-order valence-electron chi connectivity index (χ4n) is 1.94. The number of carbonyl (C=O) groups is 3. The summed E-state index contributed by atoms with van der Waals surface area (Å²) in [5.41, 5.74) is 0.778. The minimum atomic E-state index is -0.831. The van der Waals surface area contributed by atoms with E-state index in [1.807, 2.05) is 0 Å². The maximum atomic E-state index is 12.9. The van der Waals surface area contributed by atoms with Crippen molar-refractivity contribution < 1.29 is 23.5 Å². The van der Waals surface area contributed by atoms with Crippen LogP contribution in [0.5, 0.6) is 0 Å². The van der Waals surface area contributed by atoms with Crippen molar-refractivity contribution in [2.24, 2.45) is 0 Å². The van der Waals surface area contributed by atoms with Crippen molar-refractivity contribution in [1.82, 2.24) is 0 Å². The molecule has 0 aromatic heterocycles. The zero-order chi connectivity index (χ0) is 19.1. The number of hydrogen-bond acceptors (Lipinski definition) is 5. The molecule has 2 rings (SSSR count). The fourth-order valence-corrected chi connectivity index (χ4v) is 2.78. The molecule has 136 valence electrons. The van der Waals surface area contributed by atoms with Gasteiger partial charge in [-0.2, -0.15) is 0 Å². The van der Waals surface area contributed by atoms with Crippen molar-refractivity contribution >= 4 is 35.1 Å². The van der Waals surface area contributed by atoms with E-state index in [9.17, 15) is 18.8 Å². The van der Waals surface area contributed by atoms with Crippen molar-refractivity contribution in [3.8, 4) is 0 Å². The highest BCUT2D eigenvalue weighted by Gasteiger charge is 2.18. The number of amides is 1. The third-order valence-corrected chi connectivity index (χ3v) is 4.52. The molecule has 1 atom stereocenters. The van der Waals surface area contributed by atoms with Crippen molar-refractivity contribution in [2.75, 3.05) is 11.1 Å². The lowest BCUT2D eigenvalue weighted by molar-refractivity contribution is -0.124. The minimum Gasteiger partial charge on any atom is -0.451 e. The van der Waals surface area contributed by atoms with Gasteiger partial charge in [-0.05, 0) is 50.2 Å². The van der Waals surface area contributed by atoms with E-state index in [-0.39, 0.29) is 23.3 Å². The zero-order valence-corrected chi connectivity index (χ0v) is 15.1. The normalized spacial score (nSPS) is 11.5. The first kappa shape index (κ1) is 19.7. The lowest BCUT2D eigenvalue weighted by atomic mass is 10.2. The molecule has 5 nitrogen and oxygen atoms in total. The van der Waals surface area contributed by atoms with Gasteiger partial charge in [0.2, 0.25) is 5.91 Å². The molecule has 2 aromatic carbocycles. The highest BCUT2D eigenvalue weighted by atomic mass is 32.2. The van der Waals surface area contributed by atoms with Crippen LogP contribution in [0.2, 0.25) is 0 Å². The largest absolute Gasteiger partial charge is 0.451 e. The van der Waals surface area contributed by atoms with Crippen LogP contribution in [0.1, 0.15) is 24.2 Å². The molecule has 0 spiro atoms. The lowest BCUT2D eigenvalue weighted by Gasteiger charge is -2.12. The second-order valence-electron chi connectivity index (χ2n) is 5.50. The molecular formula is C19H18FNO4S. The third-order valence-electron chi connectivity index (χ3n) is 3.45. The molecule has 0 saturated carbocycles.